The van der Waals surface area contributed by atoms with Crippen LogP contribution in [0.2, 0.25) is 0 Å². The van der Waals surface area contributed by atoms with Crippen molar-refractivity contribution >= 4 is 27.5 Å². The van der Waals surface area contributed by atoms with Crippen LogP contribution in [-0.4, -0.2) is 44.5 Å². The van der Waals surface area contributed by atoms with Crippen LogP contribution < -0.4 is 0 Å². The molecule has 0 aromatic heterocycles. The molecule has 3 saturated carbocycles. The van der Waals surface area contributed by atoms with Crippen LogP contribution in [0.1, 0.15) is 58.8 Å². The van der Waals surface area contributed by atoms with Crippen molar-refractivity contribution < 1.29 is 24.2 Å². The number of fused-ring (bicyclic) bond motifs is 5. The summed E-state index contributed by atoms with van der Waals surface area (Å²) in [5.74, 6) is -0.816. The maximum atomic E-state index is 16.8. The number of hydrogen-bond acceptors (Lipinski definition) is 4. The Labute approximate surface area is 167 Å². The molecule has 4 aliphatic rings. The van der Waals surface area contributed by atoms with Crippen molar-refractivity contribution in [2.24, 2.45) is 22.7 Å². The summed E-state index contributed by atoms with van der Waals surface area (Å²) in [4.78, 5) is 24.4. The highest BCUT2D eigenvalue weighted by atomic mass is 79.9. The molecule has 150 valence electrons. The number of hydrogen-bond donors (Lipinski definition) is 2. The molecule has 27 heavy (non-hydrogen) atoms. The van der Waals surface area contributed by atoms with Gasteiger partial charge in [-0.05, 0) is 50.5 Å². The van der Waals surface area contributed by atoms with Crippen LogP contribution in [0.15, 0.2) is 11.6 Å². The predicted octanol–water partition coefficient (Wildman–Crippen LogP) is 3.28. The fourth-order valence-corrected chi connectivity index (χ4v) is 7.61. The minimum absolute atomic E-state index is 0.0396. The molecule has 6 heteroatoms. The number of ketones is 2. The van der Waals surface area contributed by atoms with E-state index >= 15 is 4.39 Å². The molecule has 4 nitrogen and oxygen atoms in total. The predicted molar refractivity (Wildman–Crippen MR) is 102 cm³/mol. The van der Waals surface area contributed by atoms with Gasteiger partial charge in [-0.25, -0.2) is 4.39 Å². The Hall–Kier alpha value is -0.590. The molecule has 0 radical (unpaired) electrons. The largest absolute Gasteiger partial charge is 0.390 e. The lowest BCUT2D eigenvalue weighted by molar-refractivity contribution is -0.225. The van der Waals surface area contributed by atoms with E-state index in [1.54, 1.807) is 6.08 Å². The van der Waals surface area contributed by atoms with E-state index in [-0.39, 0.29) is 29.2 Å². The van der Waals surface area contributed by atoms with E-state index in [0.717, 1.165) is 5.57 Å². The van der Waals surface area contributed by atoms with Gasteiger partial charge < -0.3 is 10.2 Å². The van der Waals surface area contributed by atoms with Crippen LogP contribution in [-0.2, 0) is 9.59 Å². The summed E-state index contributed by atoms with van der Waals surface area (Å²) in [7, 11) is 0. The molecule has 1 unspecified atom stereocenters. The third-order valence-corrected chi connectivity index (χ3v) is 9.29. The van der Waals surface area contributed by atoms with E-state index in [9.17, 15) is 19.8 Å². The van der Waals surface area contributed by atoms with Crippen LogP contribution in [0.4, 0.5) is 4.39 Å². The zero-order valence-electron chi connectivity index (χ0n) is 15.9. The van der Waals surface area contributed by atoms with E-state index in [1.165, 1.54) is 0 Å². The molecule has 7 atom stereocenters. The maximum Gasteiger partial charge on any atom is 0.175 e. The Bertz CT molecular complexity index is 738. The number of rotatable bonds is 2. The van der Waals surface area contributed by atoms with Crippen LogP contribution in [0, 0.1) is 22.7 Å². The number of halogens is 2. The smallest absolute Gasteiger partial charge is 0.175 e. The number of alkyl halides is 2. The van der Waals surface area contributed by atoms with Crippen molar-refractivity contribution in [2.75, 3.05) is 5.33 Å². The maximum absolute atomic E-state index is 16.8. The van der Waals surface area contributed by atoms with Crippen LogP contribution in [0.25, 0.3) is 0 Å². The number of carbonyl (C=O) groups is 2. The molecule has 4 rings (SSSR count). The van der Waals surface area contributed by atoms with Crippen molar-refractivity contribution in [1.29, 1.82) is 0 Å². The van der Waals surface area contributed by atoms with Gasteiger partial charge in [0.15, 0.2) is 11.6 Å². The third kappa shape index (κ3) is 2.21. The Balaban J connectivity index is 1.80. The lowest BCUT2D eigenvalue weighted by Gasteiger charge is -2.63. The first-order valence-electron chi connectivity index (χ1n) is 9.97. The highest BCUT2D eigenvalue weighted by Gasteiger charge is 2.74. The van der Waals surface area contributed by atoms with Gasteiger partial charge in [-0.1, -0.05) is 35.4 Å². The monoisotopic (exact) mass is 442 g/mol. The van der Waals surface area contributed by atoms with Crippen molar-refractivity contribution in [3.63, 3.8) is 0 Å². The van der Waals surface area contributed by atoms with E-state index in [1.807, 2.05) is 13.8 Å². The van der Waals surface area contributed by atoms with Crippen molar-refractivity contribution in [2.45, 2.75) is 76.2 Å². The number of allylic oxidation sites excluding steroid dienone is 1. The molecule has 2 N–H and O–H groups in total. The fraction of sp³-hybridized carbons (Fsp3) is 0.810. The molecule has 0 heterocycles. The quantitative estimate of drug-likeness (QED) is 0.643. The summed E-state index contributed by atoms with van der Waals surface area (Å²) < 4.78 is 16.8. The van der Waals surface area contributed by atoms with Crippen LogP contribution in [0.5, 0.6) is 0 Å². The first-order valence-corrected chi connectivity index (χ1v) is 11.1. The molecule has 0 bridgehead atoms. The van der Waals surface area contributed by atoms with Crippen molar-refractivity contribution in [3.8, 4) is 0 Å². The molecule has 0 amide bonds. The van der Waals surface area contributed by atoms with Gasteiger partial charge in [0.1, 0.15) is 11.3 Å². The van der Waals surface area contributed by atoms with Crippen molar-refractivity contribution in [1.82, 2.24) is 0 Å². The van der Waals surface area contributed by atoms with E-state index < -0.39 is 34.1 Å². The molecule has 3 fully saturated rings. The van der Waals surface area contributed by atoms with Crippen LogP contribution >= 0.6 is 15.9 Å². The minimum atomic E-state index is -1.83. The summed E-state index contributed by atoms with van der Waals surface area (Å²) >= 11 is 3.17. The molecule has 0 saturated heterocycles. The fourth-order valence-electron chi connectivity index (χ4n) is 7.14. The molecule has 0 aromatic carbocycles. The second-order valence-electron chi connectivity index (χ2n) is 9.58. The molecule has 0 aromatic rings. The Kier molecular flexibility index (Phi) is 4.35. The normalized spacial score (nSPS) is 51.9. The first-order chi connectivity index (χ1) is 12.5. The SMILES string of the molecule is C[C@]12CCC(=O)C=C1CC[C@H]1[C@@H]3CC[C@](O)(C(=O)CBr)[C@@]3(C)CC(O)[C@@]12F. The van der Waals surface area contributed by atoms with Gasteiger partial charge in [0.2, 0.25) is 0 Å². The second-order valence-corrected chi connectivity index (χ2v) is 10.1. The first kappa shape index (κ1) is 19.7. The number of carbonyl (C=O) groups excluding carboxylic acids is 2. The Morgan fingerprint density at radius 3 is 2.63 bits per heavy atom. The minimum Gasteiger partial charge on any atom is -0.390 e. The highest BCUT2D eigenvalue weighted by Crippen LogP contribution is 2.70. The average Bonchev–Trinajstić information content (AvgIpc) is 2.88. The van der Waals surface area contributed by atoms with Gasteiger partial charge in [-0.15, -0.1) is 0 Å². The molecular weight excluding hydrogens is 415 g/mol. The number of Topliss-reactive ketones (excluding diaryl/α,β-unsaturated/α-hetero) is 1. The Morgan fingerprint density at radius 1 is 1.26 bits per heavy atom. The topological polar surface area (TPSA) is 74.6 Å². The van der Waals surface area contributed by atoms with E-state index in [2.05, 4.69) is 15.9 Å². The number of aliphatic hydroxyl groups excluding tert-OH is 1. The summed E-state index contributed by atoms with van der Waals surface area (Å²) in [6.07, 6.45) is 3.20. The summed E-state index contributed by atoms with van der Waals surface area (Å²) in [5, 5.41) is 22.4. The van der Waals surface area contributed by atoms with Gasteiger partial charge in [0, 0.05) is 23.2 Å². The Morgan fingerprint density at radius 2 is 1.96 bits per heavy atom. The van der Waals surface area contributed by atoms with Gasteiger partial charge in [0.05, 0.1) is 11.4 Å². The second kappa shape index (κ2) is 5.96. The van der Waals surface area contributed by atoms with Crippen molar-refractivity contribution in [3.05, 3.63) is 11.6 Å². The summed E-state index contributed by atoms with van der Waals surface area (Å²) in [6, 6.07) is 0. The zero-order chi connectivity index (χ0) is 19.8. The average molecular weight is 443 g/mol. The van der Waals surface area contributed by atoms with E-state index in [0.29, 0.717) is 38.5 Å². The van der Waals surface area contributed by atoms with Crippen LogP contribution in [0.3, 0.4) is 0 Å². The van der Waals surface area contributed by atoms with Gasteiger partial charge in [-0.2, -0.15) is 0 Å². The van der Waals surface area contributed by atoms with Gasteiger partial charge >= 0.3 is 0 Å². The van der Waals surface area contributed by atoms with Gasteiger partial charge in [-0.3, -0.25) is 9.59 Å². The molecular formula is C21H28BrFO4. The van der Waals surface area contributed by atoms with Gasteiger partial charge in [0.25, 0.3) is 0 Å². The van der Waals surface area contributed by atoms with E-state index in [4.69, 9.17) is 0 Å². The zero-order valence-corrected chi connectivity index (χ0v) is 17.5. The lowest BCUT2D eigenvalue weighted by atomic mass is 9.44. The third-order valence-electron chi connectivity index (χ3n) is 8.78. The summed E-state index contributed by atoms with van der Waals surface area (Å²) in [6.45, 7) is 3.71. The molecule has 0 aliphatic heterocycles. The molecule has 4 aliphatic carbocycles. The standard InChI is InChI=1S/C21H28BrFO4/c1-18-7-5-13(24)9-12(18)3-4-15-14-6-8-20(27,17(26)11-22)19(14,2)10-16(25)21(15,18)23/h9,14-16,25,27H,3-8,10-11H2,1-2H3/t14-,15-,16?,18-,19-,20-,21-/m0/s1. The highest BCUT2D eigenvalue weighted by molar-refractivity contribution is 9.09. The summed E-state index contributed by atoms with van der Waals surface area (Å²) in [5.41, 5.74) is -4.22. The molecule has 0 spiro atoms. The number of aliphatic hydroxyl groups is 2. The lowest BCUT2D eigenvalue weighted by Crippen LogP contribution is -2.69.